The Kier molecular flexibility index (Phi) is 5.31. The van der Waals surface area contributed by atoms with Crippen LogP contribution in [-0.2, 0) is 9.59 Å². The highest BCUT2D eigenvalue weighted by Gasteiger charge is 2.31. The molecule has 5 heteroatoms. The second kappa shape index (κ2) is 6.28. The molecule has 1 heterocycles. The fourth-order valence-electron chi connectivity index (χ4n) is 2.37. The minimum absolute atomic E-state index is 0.00500. The smallest absolute Gasteiger partial charge is 0.246 e. The molecular weight excluding hydrogens is 236 g/mol. The van der Waals surface area contributed by atoms with Gasteiger partial charge in [0.1, 0.15) is 6.04 Å². The number of likely N-dealkylation sites (tertiary alicyclic amines) is 1. The fraction of sp³-hybridized carbons (Fsp3) is 0.833. The molecule has 0 aromatic rings. The predicted molar refractivity (Wildman–Crippen MR) is 71.0 cm³/mol. The number of nitrogens with zero attached hydrogens (tertiary/aromatic N) is 1. The van der Waals surface area contributed by atoms with Gasteiger partial charge in [-0.1, -0.05) is 6.92 Å². The summed E-state index contributed by atoms with van der Waals surface area (Å²) in [6.07, 6.45) is 2.07. The quantitative estimate of drug-likeness (QED) is 0.744. The van der Waals surface area contributed by atoms with E-state index in [1.807, 2.05) is 4.90 Å². The zero-order valence-electron chi connectivity index (χ0n) is 10.8. The van der Waals surface area contributed by atoms with Crippen molar-refractivity contribution in [2.45, 2.75) is 45.7 Å². The number of hydrogen-bond donors (Lipinski definition) is 2. The van der Waals surface area contributed by atoms with Crippen LogP contribution in [0.2, 0.25) is 0 Å². The molecule has 3 unspecified atom stereocenters. The van der Waals surface area contributed by atoms with Gasteiger partial charge in [0.25, 0.3) is 0 Å². The fourth-order valence-corrected chi connectivity index (χ4v) is 2.61. The molecular formula is C12H22N2O2S. The average molecular weight is 258 g/mol. The third kappa shape index (κ3) is 3.91. The van der Waals surface area contributed by atoms with Crippen molar-refractivity contribution < 1.29 is 9.59 Å². The number of carbonyl (C=O) groups is 2. The van der Waals surface area contributed by atoms with E-state index in [-0.39, 0.29) is 17.9 Å². The number of carbonyl (C=O) groups excluding carboxylic acids is 2. The lowest BCUT2D eigenvalue weighted by Crippen LogP contribution is -2.54. The van der Waals surface area contributed by atoms with Gasteiger partial charge in [-0.05, 0) is 25.7 Å². The lowest BCUT2D eigenvalue weighted by Gasteiger charge is -2.38. The molecule has 1 saturated heterocycles. The van der Waals surface area contributed by atoms with Crippen molar-refractivity contribution in [1.82, 2.24) is 10.2 Å². The van der Waals surface area contributed by atoms with E-state index in [0.29, 0.717) is 11.7 Å². The zero-order valence-corrected chi connectivity index (χ0v) is 11.7. The van der Waals surface area contributed by atoms with E-state index >= 15 is 0 Å². The van der Waals surface area contributed by atoms with Gasteiger partial charge in [0.15, 0.2) is 0 Å². The first-order chi connectivity index (χ1) is 7.95. The Morgan fingerprint density at radius 3 is 2.59 bits per heavy atom. The van der Waals surface area contributed by atoms with Crippen molar-refractivity contribution in [3.63, 3.8) is 0 Å². The van der Waals surface area contributed by atoms with E-state index in [9.17, 15) is 9.59 Å². The Morgan fingerprint density at radius 1 is 1.47 bits per heavy atom. The zero-order chi connectivity index (χ0) is 13.0. The van der Waals surface area contributed by atoms with Gasteiger partial charge in [-0.25, -0.2) is 0 Å². The van der Waals surface area contributed by atoms with Crippen LogP contribution >= 0.6 is 12.6 Å². The Balaban J connectivity index is 2.64. The topological polar surface area (TPSA) is 49.4 Å². The molecule has 1 rings (SSSR count). The molecule has 1 aliphatic heterocycles. The standard InChI is InChI=1S/C12H22N2O2S/c1-8-4-5-14(9(2)6-8)12(16)11(7-17)13-10(3)15/h8-9,11,17H,4-7H2,1-3H3,(H,13,15). The van der Waals surface area contributed by atoms with E-state index in [1.165, 1.54) is 6.92 Å². The minimum atomic E-state index is -0.494. The molecule has 0 aliphatic carbocycles. The van der Waals surface area contributed by atoms with Crippen molar-refractivity contribution in [2.75, 3.05) is 12.3 Å². The molecule has 4 nitrogen and oxygen atoms in total. The van der Waals surface area contributed by atoms with Crippen LogP contribution in [0.4, 0.5) is 0 Å². The van der Waals surface area contributed by atoms with Crippen molar-refractivity contribution in [3.05, 3.63) is 0 Å². The van der Waals surface area contributed by atoms with E-state index in [4.69, 9.17) is 0 Å². The van der Waals surface area contributed by atoms with E-state index < -0.39 is 6.04 Å². The molecule has 1 N–H and O–H groups in total. The minimum Gasteiger partial charge on any atom is -0.344 e. The van der Waals surface area contributed by atoms with Crippen LogP contribution in [0.3, 0.4) is 0 Å². The van der Waals surface area contributed by atoms with Crippen molar-refractivity contribution in [3.8, 4) is 0 Å². The number of nitrogens with one attached hydrogen (secondary N) is 1. The number of thiol groups is 1. The largest absolute Gasteiger partial charge is 0.344 e. The number of amides is 2. The molecule has 1 aliphatic rings. The highest BCUT2D eigenvalue weighted by Crippen LogP contribution is 2.22. The molecule has 17 heavy (non-hydrogen) atoms. The highest BCUT2D eigenvalue weighted by atomic mass is 32.1. The number of hydrogen-bond acceptors (Lipinski definition) is 3. The molecule has 0 aromatic carbocycles. The second-order valence-electron chi connectivity index (χ2n) is 4.95. The Labute approximate surface area is 109 Å². The van der Waals surface area contributed by atoms with E-state index in [0.717, 1.165) is 19.4 Å². The van der Waals surface area contributed by atoms with E-state index in [1.54, 1.807) is 0 Å². The molecule has 0 aromatic heterocycles. The van der Waals surface area contributed by atoms with Gasteiger partial charge in [-0.15, -0.1) is 0 Å². The first kappa shape index (κ1) is 14.4. The molecule has 0 spiro atoms. The first-order valence-corrected chi connectivity index (χ1v) is 6.77. The molecule has 0 saturated carbocycles. The molecule has 0 bridgehead atoms. The third-order valence-corrected chi connectivity index (χ3v) is 3.64. The summed E-state index contributed by atoms with van der Waals surface area (Å²) in [5.41, 5.74) is 0. The summed E-state index contributed by atoms with van der Waals surface area (Å²) in [4.78, 5) is 25.1. The number of rotatable bonds is 3. The average Bonchev–Trinajstić information content (AvgIpc) is 2.24. The molecule has 2 amide bonds. The van der Waals surface area contributed by atoms with Gasteiger partial charge >= 0.3 is 0 Å². The summed E-state index contributed by atoms with van der Waals surface area (Å²) >= 11 is 4.13. The summed E-state index contributed by atoms with van der Waals surface area (Å²) < 4.78 is 0. The molecule has 98 valence electrons. The van der Waals surface area contributed by atoms with Crippen LogP contribution in [-0.4, -0.2) is 41.1 Å². The van der Waals surface area contributed by atoms with Gasteiger partial charge in [0.05, 0.1) is 0 Å². The van der Waals surface area contributed by atoms with Crippen molar-refractivity contribution in [2.24, 2.45) is 5.92 Å². The molecule has 0 radical (unpaired) electrons. The van der Waals surface area contributed by atoms with Gasteiger partial charge in [0.2, 0.25) is 11.8 Å². The van der Waals surface area contributed by atoms with Crippen molar-refractivity contribution >= 4 is 24.4 Å². The summed E-state index contributed by atoms with van der Waals surface area (Å²) in [5.74, 6) is 0.825. The summed E-state index contributed by atoms with van der Waals surface area (Å²) in [6.45, 7) is 6.48. The Hall–Kier alpha value is -0.710. The van der Waals surface area contributed by atoms with Gasteiger partial charge < -0.3 is 10.2 Å². The summed E-state index contributed by atoms with van der Waals surface area (Å²) in [7, 11) is 0. The van der Waals surface area contributed by atoms with Crippen LogP contribution < -0.4 is 5.32 Å². The van der Waals surface area contributed by atoms with Crippen LogP contribution in [0.1, 0.15) is 33.6 Å². The van der Waals surface area contributed by atoms with Gasteiger partial charge in [0, 0.05) is 25.3 Å². The first-order valence-electron chi connectivity index (χ1n) is 6.14. The van der Waals surface area contributed by atoms with Gasteiger partial charge in [-0.3, -0.25) is 9.59 Å². The molecule has 1 fully saturated rings. The van der Waals surface area contributed by atoms with Gasteiger partial charge in [-0.2, -0.15) is 12.6 Å². The van der Waals surface area contributed by atoms with Crippen LogP contribution in [0.5, 0.6) is 0 Å². The van der Waals surface area contributed by atoms with Crippen LogP contribution in [0.25, 0.3) is 0 Å². The maximum absolute atomic E-state index is 12.2. The third-order valence-electron chi connectivity index (χ3n) is 3.28. The Morgan fingerprint density at radius 2 is 2.12 bits per heavy atom. The normalized spacial score (nSPS) is 26.5. The Bertz CT molecular complexity index is 296. The summed E-state index contributed by atoms with van der Waals surface area (Å²) in [6, 6.07) is -0.242. The van der Waals surface area contributed by atoms with Crippen LogP contribution in [0, 0.1) is 5.92 Å². The SMILES string of the molecule is CC(=O)NC(CS)C(=O)N1CCC(C)CC1C. The lowest BCUT2D eigenvalue weighted by atomic mass is 9.93. The maximum Gasteiger partial charge on any atom is 0.246 e. The van der Waals surface area contributed by atoms with Crippen LogP contribution in [0.15, 0.2) is 0 Å². The summed E-state index contributed by atoms with van der Waals surface area (Å²) in [5, 5.41) is 2.65. The second-order valence-corrected chi connectivity index (χ2v) is 5.31. The monoisotopic (exact) mass is 258 g/mol. The molecule has 3 atom stereocenters. The lowest BCUT2D eigenvalue weighted by molar-refractivity contribution is -0.138. The van der Waals surface area contributed by atoms with Crippen molar-refractivity contribution in [1.29, 1.82) is 0 Å². The maximum atomic E-state index is 12.2. The number of piperidine rings is 1. The highest BCUT2D eigenvalue weighted by molar-refractivity contribution is 7.80. The van der Waals surface area contributed by atoms with E-state index in [2.05, 4.69) is 31.8 Å². The predicted octanol–water partition coefficient (Wildman–Crippen LogP) is 1.07.